The van der Waals surface area contributed by atoms with Crippen LogP contribution in [0.25, 0.3) is 0 Å². The van der Waals surface area contributed by atoms with Gasteiger partial charge in [-0.25, -0.2) is 0 Å². The Morgan fingerprint density at radius 3 is 1.93 bits per heavy atom. The number of hydrogen-bond donors (Lipinski definition) is 2. The summed E-state index contributed by atoms with van der Waals surface area (Å²) in [5, 5.41) is 5.39. The monoisotopic (exact) mass is 402 g/mol. The van der Waals surface area contributed by atoms with Crippen molar-refractivity contribution in [3.05, 3.63) is 55.1 Å². The summed E-state index contributed by atoms with van der Waals surface area (Å²) in [6.45, 7) is 8.94. The smallest absolute Gasteiger partial charge is 0.243 e. The molecule has 0 saturated heterocycles. The van der Waals surface area contributed by atoms with Gasteiger partial charge in [0.2, 0.25) is 11.8 Å². The van der Waals surface area contributed by atoms with Crippen LogP contribution in [0.1, 0.15) is 36.0 Å². The van der Waals surface area contributed by atoms with Gasteiger partial charge in [-0.05, 0) is 62.1 Å². The van der Waals surface area contributed by atoms with E-state index in [4.69, 9.17) is 9.47 Å². The average Bonchev–Trinajstić information content (AvgIpc) is 2.75. The lowest BCUT2D eigenvalue weighted by molar-refractivity contribution is -0.117. The van der Waals surface area contributed by atoms with E-state index in [1.807, 2.05) is 0 Å². The van der Waals surface area contributed by atoms with Crippen molar-refractivity contribution in [2.45, 2.75) is 25.7 Å². The Hall–Kier alpha value is -2.93. The van der Waals surface area contributed by atoms with Crippen molar-refractivity contribution in [3.8, 4) is 5.75 Å². The number of nitrogens with one attached hydrogen (secondary N) is 2. The quantitative estimate of drug-likeness (QED) is 0.252. The first-order valence-electron chi connectivity index (χ1n) is 9.71. The van der Waals surface area contributed by atoms with Crippen molar-refractivity contribution in [2.75, 3.05) is 32.9 Å². The van der Waals surface area contributed by atoms with Gasteiger partial charge in [-0.3, -0.25) is 14.4 Å². The number of unbranched alkanes of at least 4 members (excludes halogenated alkanes) is 2. The van der Waals surface area contributed by atoms with E-state index in [9.17, 15) is 14.4 Å². The first kappa shape index (κ1) is 24.1. The largest absolute Gasteiger partial charge is 0.494 e. The predicted molar refractivity (Wildman–Crippen MR) is 112 cm³/mol. The summed E-state index contributed by atoms with van der Waals surface area (Å²) in [7, 11) is 0. The van der Waals surface area contributed by atoms with E-state index >= 15 is 0 Å². The van der Waals surface area contributed by atoms with Crippen molar-refractivity contribution in [3.63, 3.8) is 0 Å². The lowest BCUT2D eigenvalue weighted by Crippen LogP contribution is -2.22. The Balaban J connectivity index is 2.13. The van der Waals surface area contributed by atoms with Crippen molar-refractivity contribution in [1.82, 2.24) is 10.6 Å². The molecule has 0 atom stereocenters. The van der Waals surface area contributed by atoms with Crippen LogP contribution in [0, 0.1) is 0 Å². The lowest BCUT2D eigenvalue weighted by Gasteiger charge is -2.08. The first-order valence-corrected chi connectivity index (χ1v) is 9.71. The minimum Gasteiger partial charge on any atom is -0.494 e. The van der Waals surface area contributed by atoms with Crippen molar-refractivity contribution >= 4 is 17.6 Å². The standard InChI is InChI=1S/C22H30N2O5/c1-3-21(26)23-13-5-7-15-28-17-20(25)18-9-11-19(12-10-18)29-16-8-6-14-24-22(27)4-2/h3-4,9-12H,1-2,5-8,13-17H2,(H,23,26)(H,24,27). The van der Waals surface area contributed by atoms with Gasteiger partial charge in [0.05, 0.1) is 6.61 Å². The second-order valence-electron chi connectivity index (χ2n) is 6.25. The molecule has 0 spiro atoms. The normalized spacial score (nSPS) is 10.1. The molecule has 0 saturated carbocycles. The van der Waals surface area contributed by atoms with Crippen LogP contribution in [0.2, 0.25) is 0 Å². The molecule has 1 rings (SSSR count). The van der Waals surface area contributed by atoms with Gasteiger partial charge in [-0.2, -0.15) is 0 Å². The Kier molecular flexibility index (Phi) is 12.5. The zero-order valence-corrected chi connectivity index (χ0v) is 16.8. The van der Waals surface area contributed by atoms with Crippen LogP contribution in [0.5, 0.6) is 5.75 Å². The summed E-state index contributed by atoms with van der Waals surface area (Å²) < 4.78 is 11.0. The molecule has 0 aromatic heterocycles. The third-order valence-electron chi connectivity index (χ3n) is 3.93. The van der Waals surface area contributed by atoms with Crippen LogP contribution in [-0.4, -0.2) is 50.5 Å². The fourth-order valence-electron chi connectivity index (χ4n) is 2.30. The molecule has 0 fully saturated rings. The molecule has 0 aliphatic rings. The topological polar surface area (TPSA) is 93.7 Å². The molecule has 0 bridgehead atoms. The summed E-state index contributed by atoms with van der Waals surface area (Å²) in [6, 6.07) is 6.95. The van der Waals surface area contributed by atoms with E-state index in [1.54, 1.807) is 24.3 Å². The highest BCUT2D eigenvalue weighted by Gasteiger charge is 2.06. The maximum atomic E-state index is 12.1. The molecule has 0 heterocycles. The third-order valence-corrected chi connectivity index (χ3v) is 3.93. The highest BCUT2D eigenvalue weighted by Crippen LogP contribution is 2.13. The molecule has 0 aliphatic carbocycles. The summed E-state index contributed by atoms with van der Waals surface area (Å²) in [5.41, 5.74) is 0.572. The number of rotatable bonds is 16. The van der Waals surface area contributed by atoms with Gasteiger partial charge < -0.3 is 20.1 Å². The molecular weight excluding hydrogens is 372 g/mol. The molecule has 7 heteroatoms. The highest BCUT2D eigenvalue weighted by atomic mass is 16.5. The molecule has 1 aromatic rings. The van der Waals surface area contributed by atoms with E-state index in [0.717, 1.165) is 25.7 Å². The van der Waals surface area contributed by atoms with Crippen LogP contribution in [0.3, 0.4) is 0 Å². The van der Waals surface area contributed by atoms with Crippen LogP contribution < -0.4 is 15.4 Å². The number of ketones is 1. The minimum atomic E-state index is -0.189. The summed E-state index contributed by atoms with van der Waals surface area (Å²) >= 11 is 0. The lowest BCUT2D eigenvalue weighted by atomic mass is 10.1. The second-order valence-corrected chi connectivity index (χ2v) is 6.25. The maximum Gasteiger partial charge on any atom is 0.243 e. The Labute approximate surface area is 172 Å². The molecule has 29 heavy (non-hydrogen) atoms. The Morgan fingerprint density at radius 2 is 1.38 bits per heavy atom. The molecular formula is C22H30N2O5. The number of hydrogen-bond acceptors (Lipinski definition) is 5. The molecule has 1 aromatic carbocycles. The molecule has 2 N–H and O–H groups in total. The maximum absolute atomic E-state index is 12.1. The summed E-state index contributed by atoms with van der Waals surface area (Å²) in [6.07, 6.45) is 5.64. The van der Waals surface area contributed by atoms with Gasteiger partial charge in [0.1, 0.15) is 12.4 Å². The summed E-state index contributed by atoms with van der Waals surface area (Å²) in [5.74, 6) is 0.242. The first-order chi connectivity index (χ1) is 14.1. The fourth-order valence-corrected chi connectivity index (χ4v) is 2.30. The Morgan fingerprint density at radius 1 is 0.828 bits per heavy atom. The number of amides is 2. The van der Waals surface area contributed by atoms with Gasteiger partial charge >= 0.3 is 0 Å². The van der Waals surface area contributed by atoms with Gasteiger partial charge in [0.15, 0.2) is 5.78 Å². The van der Waals surface area contributed by atoms with Crippen LogP contribution in [-0.2, 0) is 14.3 Å². The number of carbonyl (C=O) groups excluding carboxylic acids is 3. The molecule has 2 amide bonds. The van der Waals surface area contributed by atoms with E-state index in [2.05, 4.69) is 23.8 Å². The number of Topliss-reactive ketones (excluding diaryl/α,β-unsaturated/α-hetero) is 1. The second kappa shape index (κ2) is 15.0. The van der Waals surface area contributed by atoms with Gasteiger partial charge in [-0.15, -0.1) is 0 Å². The van der Waals surface area contributed by atoms with Gasteiger partial charge in [-0.1, -0.05) is 13.2 Å². The fraction of sp³-hybridized carbons (Fsp3) is 0.409. The van der Waals surface area contributed by atoms with E-state index in [0.29, 0.717) is 37.6 Å². The SMILES string of the molecule is C=CC(=O)NCCCCOCC(=O)c1ccc(OCCCCNC(=O)C=C)cc1. The van der Waals surface area contributed by atoms with Gasteiger partial charge in [0.25, 0.3) is 0 Å². The Bertz CT molecular complexity index is 670. The van der Waals surface area contributed by atoms with Crippen molar-refractivity contribution in [1.29, 1.82) is 0 Å². The zero-order chi connectivity index (χ0) is 21.3. The van der Waals surface area contributed by atoms with E-state index in [1.165, 1.54) is 12.2 Å². The molecule has 0 aliphatic heterocycles. The van der Waals surface area contributed by atoms with E-state index < -0.39 is 0 Å². The molecule has 158 valence electrons. The summed E-state index contributed by atoms with van der Waals surface area (Å²) in [4.78, 5) is 34.1. The molecule has 0 radical (unpaired) electrons. The van der Waals surface area contributed by atoms with Crippen molar-refractivity contribution in [2.24, 2.45) is 0 Å². The number of benzene rings is 1. The predicted octanol–water partition coefficient (Wildman–Crippen LogP) is 2.43. The third kappa shape index (κ3) is 11.5. The van der Waals surface area contributed by atoms with Crippen LogP contribution in [0.4, 0.5) is 0 Å². The van der Waals surface area contributed by atoms with Crippen LogP contribution >= 0.6 is 0 Å². The zero-order valence-electron chi connectivity index (χ0n) is 16.8. The van der Waals surface area contributed by atoms with Gasteiger partial charge in [0, 0.05) is 25.3 Å². The molecule has 0 unspecified atom stereocenters. The molecule has 7 nitrogen and oxygen atoms in total. The van der Waals surface area contributed by atoms with Crippen molar-refractivity contribution < 1.29 is 23.9 Å². The highest BCUT2D eigenvalue weighted by molar-refractivity contribution is 5.97. The van der Waals surface area contributed by atoms with E-state index in [-0.39, 0.29) is 24.2 Å². The minimum absolute atomic E-state index is 0.0235. The number of ether oxygens (including phenoxy) is 2. The van der Waals surface area contributed by atoms with Crippen LogP contribution in [0.15, 0.2) is 49.6 Å². The average molecular weight is 402 g/mol. The number of carbonyl (C=O) groups is 3.